The Kier molecular flexibility index (Phi) is 3.99. The van der Waals surface area contributed by atoms with Gasteiger partial charge < -0.3 is 10.5 Å². The third kappa shape index (κ3) is 2.97. The van der Waals surface area contributed by atoms with Crippen LogP contribution in [0.3, 0.4) is 0 Å². The van der Waals surface area contributed by atoms with Gasteiger partial charge in [-0.1, -0.05) is 23.7 Å². The molecule has 0 saturated carbocycles. The fourth-order valence-corrected chi connectivity index (χ4v) is 2.16. The van der Waals surface area contributed by atoms with Crippen LogP contribution in [0.15, 0.2) is 24.3 Å². The third-order valence-corrected chi connectivity index (χ3v) is 3.12. The Balaban J connectivity index is 2.21. The summed E-state index contributed by atoms with van der Waals surface area (Å²) < 4.78 is 5.27. The first-order valence-electron chi connectivity index (χ1n) is 5.55. The van der Waals surface area contributed by atoms with Gasteiger partial charge in [0.2, 0.25) is 5.91 Å². The summed E-state index contributed by atoms with van der Waals surface area (Å²) >= 11 is 5.83. The molecule has 1 atom stereocenters. The van der Waals surface area contributed by atoms with Crippen LogP contribution in [0.4, 0.5) is 0 Å². The number of benzene rings is 1. The Labute approximate surface area is 105 Å². The molecule has 0 bridgehead atoms. The monoisotopic (exact) mass is 254 g/mol. The van der Waals surface area contributed by atoms with Crippen LogP contribution >= 0.6 is 11.6 Å². The quantitative estimate of drug-likeness (QED) is 0.882. The number of primary amides is 1. The lowest BCUT2D eigenvalue weighted by Gasteiger charge is -2.32. The predicted octanol–water partition coefficient (Wildman–Crippen LogP) is 1.20. The van der Waals surface area contributed by atoms with Gasteiger partial charge >= 0.3 is 0 Å². The van der Waals surface area contributed by atoms with Crippen molar-refractivity contribution >= 4 is 17.5 Å². The maximum Gasteiger partial charge on any atom is 0.239 e. The van der Waals surface area contributed by atoms with E-state index in [1.165, 1.54) is 0 Å². The van der Waals surface area contributed by atoms with Gasteiger partial charge in [-0.2, -0.15) is 0 Å². The molecular formula is C12H15ClN2O2. The van der Waals surface area contributed by atoms with Crippen LogP contribution in [-0.2, 0) is 9.53 Å². The van der Waals surface area contributed by atoms with Crippen LogP contribution in [0.2, 0.25) is 5.02 Å². The first-order chi connectivity index (χ1) is 8.18. The highest BCUT2D eigenvalue weighted by molar-refractivity contribution is 6.30. The zero-order valence-electron chi connectivity index (χ0n) is 9.43. The zero-order valence-corrected chi connectivity index (χ0v) is 10.2. The Morgan fingerprint density at radius 2 is 1.88 bits per heavy atom. The van der Waals surface area contributed by atoms with Gasteiger partial charge in [-0.05, 0) is 17.7 Å². The van der Waals surface area contributed by atoms with Gasteiger partial charge in [0.1, 0.15) is 6.04 Å². The molecule has 4 nitrogen and oxygen atoms in total. The van der Waals surface area contributed by atoms with Crippen molar-refractivity contribution < 1.29 is 9.53 Å². The lowest BCUT2D eigenvalue weighted by atomic mass is 10.0. The molecule has 1 saturated heterocycles. The van der Waals surface area contributed by atoms with Crippen molar-refractivity contribution in [3.8, 4) is 0 Å². The zero-order chi connectivity index (χ0) is 12.3. The third-order valence-electron chi connectivity index (χ3n) is 2.87. The van der Waals surface area contributed by atoms with Crippen molar-refractivity contribution in [2.24, 2.45) is 5.73 Å². The first-order valence-corrected chi connectivity index (χ1v) is 5.93. The predicted molar refractivity (Wildman–Crippen MR) is 65.8 cm³/mol. The molecule has 5 heteroatoms. The van der Waals surface area contributed by atoms with E-state index in [0.29, 0.717) is 18.2 Å². The summed E-state index contributed by atoms with van der Waals surface area (Å²) in [6, 6.07) is 6.83. The van der Waals surface area contributed by atoms with E-state index < -0.39 is 6.04 Å². The Hall–Kier alpha value is -1.10. The number of hydrogen-bond acceptors (Lipinski definition) is 3. The molecule has 92 valence electrons. The van der Waals surface area contributed by atoms with Gasteiger partial charge in [0.15, 0.2) is 0 Å². The van der Waals surface area contributed by atoms with Crippen molar-refractivity contribution in [3.63, 3.8) is 0 Å². The van der Waals surface area contributed by atoms with Crippen LogP contribution in [0.1, 0.15) is 11.6 Å². The minimum atomic E-state index is -0.392. The van der Waals surface area contributed by atoms with Gasteiger partial charge in [-0.3, -0.25) is 9.69 Å². The largest absolute Gasteiger partial charge is 0.379 e. The second-order valence-corrected chi connectivity index (χ2v) is 4.44. The minimum Gasteiger partial charge on any atom is -0.379 e. The molecule has 17 heavy (non-hydrogen) atoms. The van der Waals surface area contributed by atoms with Crippen molar-refractivity contribution in [2.75, 3.05) is 26.3 Å². The molecule has 1 aliphatic rings. The molecule has 2 N–H and O–H groups in total. The van der Waals surface area contributed by atoms with E-state index in [4.69, 9.17) is 22.1 Å². The number of nitrogens with two attached hydrogens (primary N) is 1. The normalized spacial score (nSPS) is 18.9. The number of nitrogens with zero attached hydrogens (tertiary/aromatic N) is 1. The molecule has 0 aliphatic carbocycles. The fraction of sp³-hybridized carbons (Fsp3) is 0.417. The SMILES string of the molecule is NC(=O)C(c1ccc(Cl)cc1)N1CCOCC1. The summed E-state index contributed by atoms with van der Waals surface area (Å²) in [7, 11) is 0. The number of halogens is 1. The first kappa shape index (κ1) is 12.4. The molecule has 1 heterocycles. The Bertz CT molecular complexity index is 388. The maximum atomic E-state index is 11.6. The second-order valence-electron chi connectivity index (χ2n) is 4.00. The standard InChI is InChI=1S/C12H15ClN2O2/c13-10-3-1-9(2-4-10)11(12(14)16)15-5-7-17-8-6-15/h1-4,11H,5-8H2,(H2,14,16). The topological polar surface area (TPSA) is 55.6 Å². The molecule has 1 aromatic rings. The Morgan fingerprint density at radius 1 is 1.29 bits per heavy atom. The van der Waals surface area contributed by atoms with Crippen molar-refractivity contribution in [1.29, 1.82) is 0 Å². The minimum absolute atomic E-state index is 0.339. The van der Waals surface area contributed by atoms with Crippen LogP contribution in [-0.4, -0.2) is 37.1 Å². The van der Waals surface area contributed by atoms with Crippen LogP contribution in [0.25, 0.3) is 0 Å². The van der Waals surface area contributed by atoms with E-state index in [0.717, 1.165) is 18.7 Å². The van der Waals surface area contributed by atoms with Gasteiger partial charge in [0, 0.05) is 18.1 Å². The molecule has 0 aromatic heterocycles. The van der Waals surface area contributed by atoms with Crippen LogP contribution in [0.5, 0.6) is 0 Å². The van der Waals surface area contributed by atoms with E-state index in [1.54, 1.807) is 12.1 Å². The average Bonchev–Trinajstić information content (AvgIpc) is 2.33. The smallest absolute Gasteiger partial charge is 0.239 e. The van der Waals surface area contributed by atoms with E-state index >= 15 is 0 Å². The van der Waals surface area contributed by atoms with Gasteiger partial charge in [-0.25, -0.2) is 0 Å². The molecule has 1 aromatic carbocycles. The fourth-order valence-electron chi connectivity index (χ4n) is 2.04. The Morgan fingerprint density at radius 3 is 2.41 bits per heavy atom. The maximum absolute atomic E-state index is 11.6. The number of morpholine rings is 1. The number of carbonyl (C=O) groups is 1. The molecular weight excluding hydrogens is 240 g/mol. The highest BCUT2D eigenvalue weighted by atomic mass is 35.5. The molecule has 0 radical (unpaired) electrons. The molecule has 0 spiro atoms. The van der Waals surface area contributed by atoms with E-state index in [9.17, 15) is 4.79 Å². The number of amides is 1. The van der Waals surface area contributed by atoms with E-state index in [2.05, 4.69) is 0 Å². The summed E-state index contributed by atoms with van der Waals surface area (Å²) in [6.45, 7) is 2.71. The summed E-state index contributed by atoms with van der Waals surface area (Å²) in [5.41, 5.74) is 6.36. The van der Waals surface area contributed by atoms with Crippen LogP contribution in [0, 0.1) is 0 Å². The molecule has 1 unspecified atom stereocenters. The summed E-state index contributed by atoms with van der Waals surface area (Å²) in [5, 5.41) is 0.652. The number of ether oxygens (including phenoxy) is 1. The van der Waals surface area contributed by atoms with Crippen molar-refractivity contribution in [1.82, 2.24) is 4.90 Å². The van der Waals surface area contributed by atoms with E-state index in [-0.39, 0.29) is 5.91 Å². The van der Waals surface area contributed by atoms with Gasteiger partial charge in [0.25, 0.3) is 0 Å². The second kappa shape index (κ2) is 5.49. The lowest BCUT2D eigenvalue weighted by Crippen LogP contribution is -2.44. The highest BCUT2D eigenvalue weighted by Gasteiger charge is 2.26. The van der Waals surface area contributed by atoms with E-state index in [1.807, 2.05) is 17.0 Å². The molecule has 1 fully saturated rings. The highest BCUT2D eigenvalue weighted by Crippen LogP contribution is 2.23. The van der Waals surface area contributed by atoms with Gasteiger partial charge in [-0.15, -0.1) is 0 Å². The number of hydrogen-bond donors (Lipinski definition) is 1. The summed E-state index contributed by atoms with van der Waals surface area (Å²) in [5.74, 6) is -0.339. The lowest BCUT2D eigenvalue weighted by molar-refractivity contribution is -0.125. The van der Waals surface area contributed by atoms with Crippen molar-refractivity contribution in [2.45, 2.75) is 6.04 Å². The molecule has 1 amide bonds. The van der Waals surface area contributed by atoms with Crippen molar-refractivity contribution in [3.05, 3.63) is 34.9 Å². The molecule has 1 aliphatic heterocycles. The summed E-state index contributed by atoms with van der Waals surface area (Å²) in [6.07, 6.45) is 0. The number of rotatable bonds is 3. The molecule has 2 rings (SSSR count). The number of carbonyl (C=O) groups excluding carboxylic acids is 1. The average molecular weight is 255 g/mol. The summed E-state index contributed by atoms with van der Waals surface area (Å²) in [4.78, 5) is 13.6. The van der Waals surface area contributed by atoms with Gasteiger partial charge in [0.05, 0.1) is 13.2 Å². The van der Waals surface area contributed by atoms with Crippen LogP contribution < -0.4 is 5.73 Å².